The fourth-order valence-electron chi connectivity index (χ4n) is 5.13. The summed E-state index contributed by atoms with van der Waals surface area (Å²) in [5.74, 6) is 2.31. The molecule has 0 amide bonds. The molecule has 3 aromatic carbocycles. The van der Waals surface area contributed by atoms with Gasteiger partial charge in [-0.2, -0.15) is 0 Å². The third-order valence-electron chi connectivity index (χ3n) is 6.81. The molecular weight excluding hydrogens is 466 g/mol. The van der Waals surface area contributed by atoms with E-state index in [1.54, 1.807) is 37.6 Å². The predicted molar refractivity (Wildman–Crippen MR) is 143 cm³/mol. The lowest BCUT2D eigenvalue weighted by Crippen LogP contribution is -2.43. The lowest BCUT2D eigenvalue weighted by Gasteiger charge is -2.34. The van der Waals surface area contributed by atoms with Crippen molar-refractivity contribution in [2.45, 2.75) is 5.54 Å². The van der Waals surface area contributed by atoms with Crippen LogP contribution in [0, 0.1) is 0 Å². The molecule has 180 valence electrons. The number of fused-ring (bicyclic) bond motifs is 2. The van der Waals surface area contributed by atoms with Crippen LogP contribution < -0.4 is 10.5 Å². The van der Waals surface area contributed by atoms with E-state index in [-0.39, 0.29) is 11.7 Å². The first kappa shape index (κ1) is 21.1. The minimum Gasteiger partial charge on any atom is -0.508 e. The summed E-state index contributed by atoms with van der Waals surface area (Å²) < 4.78 is 5.43. The summed E-state index contributed by atoms with van der Waals surface area (Å²) in [7, 11) is 1.63. The van der Waals surface area contributed by atoms with Crippen LogP contribution >= 0.6 is 0 Å². The number of benzene rings is 3. The first-order chi connectivity index (χ1) is 18.1. The minimum atomic E-state index is -1.15. The number of nitrogens with one attached hydrogen (secondary N) is 1. The fourth-order valence-corrected chi connectivity index (χ4v) is 5.13. The zero-order valence-corrected chi connectivity index (χ0v) is 19.8. The first-order valence-electron chi connectivity index (χ1n) is 11.7. The van der Waals surface area contributed by atoms with Crippen LogP contribution in [0.4, 0.5) is 11.6 Å². The highest BCUT2D eigenvalue weighted by atomic mass is 16.5. The predicted octanol–water partition coefficient (Wildman–Crippen LogP) is 4.46. The van der Waals surface area contributed by atoms with Gasteiger partial charge in [-0.05, 0) is 54.1 Å². The van der Waals surface area contributed by atoms with E-state index >= 15 is 0 Å². The van der Waals surface area contributed by atoms with E-state index in [4.69, 9.17) is 20.5 Å². The van der Waals surface area contributed by atoms with Crippen LogP contribution in [0.1, 0.15) is 16.8 Å². The van der Waals surface area contributed by atoms with Gasteiger partial charge in [0.05, 0.1) is 29.9 Å². The summed E-state index contributed by atoms with van der Waals surface area (Å²) in [6.07, 6.45) is 3.73. The number of amidine groups is 1. The Morgan fingerprint density at radius 3 is 2.57 bits per heavy atom. The van der Waals surface area contributed by atoms with Crippen molar-refractivity contribution in [1.29, 1.82) is 0 Å². The quantitative estimate of drug-likeness (QED) is 0.392. The van der Waals surface area contributed by atoms with E-state index in [9.17, 15) is 5.11 Å². The number of para-hydroxylation sites is 1. The number of anilines is 1. The van der Waals surface area contributed by atoms with Gasteiger partial charge in [0.25, 0.3) is 0 Å². The molecule has 0 spiro atoms. The summed E-state index contributed by atoms with van der Waals surface area (Å²) in [6, 6.07) is 22.6. The molecule has 9 heteroatoms. The average Bonchev–Trinajstić information content (AvgIpc) is 3.49. The number of aliphatic imine (C=N–C) groups is 3. The second-order valence-corrected chi connectivity index (χ2v) is 8.86. The highest BCUT2D eigenvalue weighted by Gasteiger charge is 2.54. The third kappa shape index (κ3) is 2.97. The van der Waals surface area contributed by atoms with Gasteiger partial charge < -0.3 is 20.6 Å². The van der Waals surface area contributed by atoms with Crippen LogP contribution in [0.2, 0.25) is 0 Å². The Labute approximate surface area is 212 Å². The number of hydrogen-bond donors (Lipinski definition) is 3. The number of methoxy groups -OCH3 is 1. The summed E-state index contributed by atoms with van der Waals surface area (Å²) >= 11 is 0. The Hall–Kier alpha value is -5.18. The van der Waals surface area contributed by atoms with Gasteiger partial charge in [-0.25, -0.2) is 20.0 Å². The van der Waals surface area contributed by atoms with Crippen LogP contribution in [0.3, 0.4) is 0 Å². The van der Waals surface area contributed by atoms with Gasteiger partial charge in [0.2, 0.25) is 5.96 Å². The van der Waals surface area contributed by atoms with Crippen LogP contribution in [0.25, 0.3) is 17.0 Å². The van der Waals surface area contributed by atoms with E-state index in [0.717, 1.165) is 33.8 Å². The number of allylic oxidation sites excluding steroid dienone is 1. The molecule has 0 radical (unpaired) electrons. The number of rotatable bonds is 4. The van der Waals surface area contributed by atoms with Crippen LogP contribution in [-0.2, 0) is 5.54 Å². The Morgan fingerprint density at radius 2 is 1.78 bits per heavy atom. The number of aromatic hydroxyl groups is 1. The topological polar surface area (TPSA) is 124 Å². The van der Waals surface area contributed by atoms with E-state index < -0.39 is 5.54 Å². The van der Waals surface area contributed by atoms with E-state index in [1.807, 2.05) is 59.5 Å². The molecule has 3 aliphatic rings. The SMILES string of the molecule is COc1ccc([C@@]2(c3[nH]c(N)nc3-c3ccc(O)cc3)N=C3N=CC=C4c5ccccc5N=C2N43)cc1. The lowest BCUT2D eigenvalue weighted by atomic mass is 9.83. The Morgan fingerprint density at radius 1 is 1.00 bits per heavy atom. The normalized spacial score (nSPS) is 19.1. The van der Waals surface area contributed by atoms with Crippen molar-refractivity contribution in [3.8, 4) is 22.8 Å². The smallest absolute Gasteiger partial charge is 0.232 e. The molecule has 0 saturated heterocycles. The summed E-state index contributed by atoms with van der Waals surface area (Å²) in [6.45, 7) is 0. The van der Waals surface area contributed by atoms with Gasteiger partial charge in [0, 0.05) is 17.3 Å². The number of aromatic nitrogens is 2. The summed E-state index contributed by atoms with van der Waals surface area (Å²) in [5.41, 5.74) is 10.8. The maximum atomic E-state index is 9.88. The van der Waals surface area contributed by atoms with Crippen LogP contribution in [-0.4, -0.2) is 45.1 Å². The average molecular weight is 488 g/mol. The first-order valence-corrected chi connectivity index (χ1v) is 11.7. The van der Waals surface area contributed by atoms with Crippen molar-refractivity contribution < 1.29 is 9.84 Å². The monoisotopic (exact) mass is 487 g/mol. The number of H-pyrrole nitrogens is 1. The lowest BCUT2D eigenvalue weighted by molar-refractivity contribution is 0.414. The van der Waals surface area contributed by atoms with Gasteiger partial charge in [0.15, 0.2) is 17.3 Å². The maximum absolute atomic E-state index is 9.88. The Bertz CT molecular complexity index is 1680. The zero-order valence-electron chi connectivity index (χ0n) is 19.8. The molecule has 0 fully saturated rings. The minimum absolute atomic E-state index is 0.161. The third-order valence-corrected chi connectivity index (χ3v) is 6.81. The van der Waals surface area contributed by atoms with Gasteiger partial charge in [-0.3, -0.25) is 4.90 Å². The second-order valence-electron chi connectivity index (χ2n) is 8.86. The highest BCUT2D eigenvalue weighted by molar-refractivity contribution is 6.24. The molecule has 1 atom stereocenters. The summed E-state index contributed by atoms with van der Waals surface area (Å²) in [5, 5.41) is 9.88. The number of aromatic amines is 1. The van der Waals surface area contributed by atoms with E-state index in [1.165, 1.54) is 0 Å². The van der Waals surface area contributed by atoms with Crippen molar-refractivity contribution in [2.75, 3.05) is 12.8 Å². The molecule has 7 rings (SSSR count). The zero-order chi connectivity index (χ0) is 25.1. The number of ether oxygens (including phenoxy) is 1. The van der Waals surface area contributed by atoms with Gasteiger partial charge >= 0.3 is 0 Å². The van der Waals surface area contributed by atoms with Crippen molar-refractivity contribution >= 4 is 35.3 Å². The largest absolute Gasteiger partial charge is 0.508 e. The molecule has 0 bridgehead atoms. The molecule has 4 heterocycles. The molecule has 0 aliphatic carbocycles. The van der Waals surface area contributed by atoms with E-state index in [2.05, 4.69) is 15.0 Å². The number of hydrogen-bond acceptors (Lipinski definition) is 8. The van der Waals surface area contributed by atoms with Crippen LogP contribution in [0.5, 0.6) is 11.5 Å². The number of nitrogen functional groups attached to an aromatic ring is 1. The number of nitrogens with two attached hydrogens (primary N) is 1. The van der Waals surface area contributed by atoms with E-state index in [0.29, 0.717) is 23.2 Å². The van der Waals surface area contributed by atoms with Gasteiger partial charge in [-0.15, -0.1) is 0 Å². The highest BCUT2D eigenvalue weighted by Crippen LogP contribution is 2.50. The van der Waals surface area contributed by atoms with Crippen molar-refractivity contribution in [2.24, 2.45) is 15.0 Å². The Kier molecular flexibility index (Phi) is 4.37. The van der Waals surface area contributed by atoms with Gasteiger partial charge in [-0.1, -0.05) is 30.3 Å². The van der Waals surface area contributed by atoms with Crippen molar-refractivity contribution in [3.05, 3.63) is 95.7 Å². The molecule has 9 nitrogen and oxygen atoms in total. The molecule has 4 N–H and O–H groups in total. The molecule has 0 saturated carbocycles. The molecule has 0 unspecified atom stereocenters. The number of imidazole rings is 1. The van der Waals surface area contributed by atoms with Crippen molar-refractivity contribution in [1.82, 2.24) is 14.9 Å². The standard InChI is InChI=1S/C28H21N7O2/c1-37-19-12-8-17(9-13-19)28(24-23(32-26(29)33-24)16-6-10-18(36)11-7-16)25-31-21-5-3-2-4-20(21)22-14-15-30-27(34-28)35(22)25/h2-15,36H,1H3,(H3,29,32,33)/t28-/m0/s1. The molecule has 1 aromatic heterocycles. The number of phenols is 1. The molecule has 4 aromatic rings. The molecule has 3 aliphatic heterocycles. The van der Waals surface area contributed by atoms with Crippen molar-refractivity contribution in [3.63, 3.8) is 0 Å². The Balaban J connectivity index is 1.57. The van der Waals surface area contributed by atoms with Crippen LogP contribution in [0.15, 0.2) is 93.8 Å². The molecular formula is C28H21N7O2. The second kappa shape index (κ2) is 7.66. The number of guanidine groups is 1. The number of nitrogens with zero attached hydrogens (tertiary/aromatic N) is 5. The maximum Gasteiger partial charge on any atom is 0.232 e. The molecule has 37 heavy (non-hydrogen) atoms. The summed E-state index contributed by atoms with van der Waals surface area (Å²) in [4.78, 5) is 24.9. The van der Waals surface area contributed by atoms with Gasteiger partial charge in [0.1, 0.15) is 11.5 Å². The number of phenolic OH excluding ortho intramolecular Hbond substituents is 1. The fraction of sp³-hybridized carbons (Fsp3) is 0.0714.